The monoisotopic (exact) mass is 245 g/mol. The predicted octanol–water partition coefficient (Wildman–Crippen LogP) is 0.170. The molecule has 2 N–H and O–H groups in total. The zero-order chi connectivity index (χ0) is 11.4. The Labute approximate surface area is 97.7 Å². The standard InChI is InChI=1S/C10H15NO4S/c12-4-9-8(13)3-7(5-15-9)14-6-10-11-1-2-16-10/h1-2,7-9,12-13H,3-6H2. The van der Waals surface area contributed by atoms with Crippen molar-refractivity contribution in [3.63, 3.8) is 0 Å². The average Bonchev–Trinajstić information content (AvgIpc) is 2.79. The fourth-order valence-electron chi connectivity index (χ4n) is 1.64. The van der Waals surface area contributed by atoms with Crippen molar-refractivity contribution >= 4 is 11.3 Å². The second kappa shape index (κ2) is 5.70. The second-order valence-corrected chi connectivity index (χ2v) is 4.70. The molecule has 1 aliphatic rings. The third kappa shape index (κ3) is 2.99. The van der Waals surface area contributed by atoms with Crippen molar-refractivity contribution in [2.75, 3.05) is 13.2 Å². The zero-order valence-electron chi connectivity index (χ0n) is 8.78. The molecule has 16 heavy (non-hydrogen) atoms. The molecule has 0 spiro atoms. The van der Waals surface area contributed by atoms with Crippen molar-refractivity contribution in [1.29, 1.82) is 0 Å². The molecular formula is C10H15NO4S. The van der Waals surface area contributed by atoms with Gasteiger partial charge >= 0.3 is 0 Å². The van der Waals surface area contributed by atoms with Gasteiger partial charge in [-0.2, -0.15) is 0 Å². The Morgan fingerprint density at radius 3 is 3.12 bits per heavy atom. The Hall–Kier alpha value is -0.530. The number of aliphatic hydroxyl groups is 2. The molecule has 0 radical (unpaired) electrons. The van der Waals surface area contributed by atoms with Crippen molar-refractivity contribution in [3.05, 3.63) is 16.6 Å². The summed E-state index contributed by atoms with van der Waals surface area (Å²) in [7, 11) is 0. The minimum atomic E-state index is -0.653. The number of nitrogens with zero attached hydrogens (tertiary/aromatic N) is 1. The quantitative estimate of drug-likeness (QED) is 0.791. The Kier molecular flexibility index (Phi) is 4.25. The van der Waals surface area contributed by atoms with Crippen molar-refractivity contribution in [3.8, 4) is 0 Å². The van der Waals surface area contributed by atoms with E-state index in [1.54, 1.807) is 6.20 Å². The number of ether oxygens (including phenoxy) is 2. The van der Waals surface area contributed by atoms with E-state index in [0.29, 0.717) is 19.6 Å². The molecule has 1 aliphatic heterocycles. The van der Waals surface area contributed by atoms with E-state index in [4.69, 9.17) is 14.6 Å². The van der Waals surface area contributed by atoms with Crippen LogP contribution in [0.1, 0.15) is 11.4 Å². The van der Waals surface area contributed by atoms with E-state index in [-0.39, 0.29) is 12.7 Å². The summed E-state index contributed by atoms with van der Waals surface area (Å²) in [4.78, 5) is 4.10. The van der Waals surface area contributed by atoms with Gasteiger partial charge in [0.15, 0.2) is 0 Å². The summed E-state index contributed by atoms with van der Waals surface area (Å²) in [5.74, 6) is 0. The average molecular weight is 245 g/mol. The number of rotatable bonds is 4. The number of aliphatic hydroxyl groups excluding tert-OH is 2. The van der Waals surface area contributed by atoms with Gasteiger partial charge in [-0.15, -0.1) is 11.3 Å². The summed E-state index contributed by atoms with van der Waals surface area (Å²) in [6, 6.07) is 0. The lowest BCUT2D eigenvalue weighted by Crippen LogP contribution is -2.43. The van der Waals surface area contributed by atoms with E-state index in [9.17, 15) is 5.11 Å². The zero-order valence-corrected chi connectivity index (χ0v) is 9.60. The molecule has 1 saturated heterocycles. The second-order valence-electron chi connectivity index (χ2n) is 3.72. The predicted molar refractivity (Wildman–Crippen MR) is 58.1 cm³/mol. The molecule has 0 amide bonds. The smallest absolute Gasteiger partial charge is 0.118 e. The van der Waals surface area contributed by atoms with Gasteiger partial charge in [0.2, 0.25) is 0 Å². The summed E-state index contributed by atoms with van der Waals surface area (Å²) < 4.78 is 10.9. The van der Waals surface area contributed by atoms with E-state index in [1.807, 2.05) is 5.38 Å². The first-order valence-electron chi connectivity index (χ1n) is 5.20. The molecule has 5 nitrogen and oxygen atoms in total. The van der Waals surface area contributed by atoms with Gasteiger partial charge in [0.1, 0.15) is 11.1 Å². The summed E-state index contributed by atoms with van der Waals surface area (Å²) in [6.45, 7) is 0.705. The summed E-state index contributed by atoms with van der Waals surface area (Å²) in [5.41, 5.74) is 0. The van der Waals surface area contributed by atoms with Crippen molar-refractivity contribution < 1.29 is 19.7 Å². The topological polar surface area (TPSA) is 71.8 Å². The van der Waals surface area contributed by atoms with E-state index in [0.717, 1.165) is 5.01 Å². The fourth-order valence-corrected chi connectivity index (χ4v) is 2.17. The molecule has 0 aliphatic carbocycles. The van der Waals surface area contributed by atoms with Gasteiger partial charge in [-0.05, 0) is 0 Å². The van der Waals surface area contributed by atoms with Crippen molar-refractivity contribution in [2.45, 2.75) is 31.3 Å². The SMILES string of the molecule is OCC1OCC(OCc2nccs2)CC1O. The number of thiazole rings is 1. The highest BCUT2D eigenvalue weighted by Gasteiger charge is 2.29. The van der Waals surface area contributed by atoms with Gasteiger partial charge in [0, 0.05) is 18.0 Å². The normalized spacial score (nSPS) is 30.5. The Bertz CT molecular complexity index is 306. The van der Waals surface area contributed by atoms with Crippen LogP contribution in [0.25, 0.3) is 0 Å². The van der Waals surface area contributed by atoms with Crippen LogP contribution in [-0.4, -0.2) is 46.7 Å². The highest BCUT2D eigenvalue weighted by molar-refractivity contribution is 7.09. The third-order valence-corrected chi connectivity index (χ3v) is 3.29. The molecule has 2 heterocycles. The van der Waals surface area contributed by atoms with Gasteiger partial charge in [-0.1, -0.05) is 0 Å². The van der Waals surface area contributed by atoms with Gasteiger partial charge in [0.25, 0.3) is 0 Å². The fraction of sp³-hybridized carbons (Fsp3) is 0.700. The first-order chi connectivity index (χ1) is 7.79. The van der Waals surface area contributed by atoms with Gasteiger partial charge in [0.05, 0.1) is 32.0 Å². The van der Waals surface area contributed by atoms with Crippen LogP contribution < -0.4 is 0 Å². The lowest BCUT2D eigenvalue weighted by atomic mass is 10.0. The summed E-state index contributed by atoms with van der Waals surface area (Å²) >= 11 is 1.54. The molecule has 6 heteroatoms. The minimum absolute atomic E-state index is 0.123. The maximum atomic E-state index is 9.62. The van der Waals surface area contributed by atoms with Gasteiger partial charge < -0.3 is 19.7 Å². The molecule has 0 saturated carbocycles. The Morgan fingerprint density at radius 2 is 2.50 bits per heavy atom. The van der Waals surface area contributed by atoms with Crippen LogP contribution in [0.3, 0.4) is 0 Å². The molecule has 1 fully saturated rings. The summed E-state index contributed by atoms with van der Waals surface area (Å²) in [5, 5.41) is 21.3. The molecule has 2 rings (SSSR count). The molecule has 90 valence electrons. The van der Waals surface area contributed by atoms with Gasteiger partial charge in [-0.25, -0.2) is 4.98 Å². The van der Waals surface area contributed by atoms with Crippen LogP contribution in [0.4, 0.5) is 0 Å². The molecule has 0 aromatic carbocycles. The van der Waals surface area contributed by atoms with Crippen LogP contribution in [0, 0.1) is 0 Å². The van der Waals surface area contributed by atoms with Crippen LogP contribution in [-0.2, 0) is 16.1 Å². The maximum absolute atomic E-state index is 9.62. The Morgan fingerprint density at radius 1 is 1.62 bits per heavy atom. The third-order valence-electron chi connectivity index (χ3n) is 2.54. The highest BCUT2D eigenvalue weighted by Crippen LogP contribution is 2.18. The molecule has 3 unspecified atom stereocenters. The van der Waals surface area contributed by atoms with Crippen molar-refractivity contribution in [1.82, 2.24) is 4.98 Å². The van der Waals surface area contributed by atoms with Crippen molar-refractivity contribution in [2.24, 2.45) is 0 Å². The van der Waals surface area contributed by atoms with Gasteiger partial charge in [-0.3, -0.25) is 0 Å². The maximum Gasteiger partial charge on any atom is 0.118 e. The van der Waals surface area contributed by atoms with E-state index >= 15 is 0 Å². The number of aromatic nitrogens is 1. The molecular weight excluding hydrogens is 230 g/mol. The van der Waals surface area contributed by atoms with Crippen LogP contribution in [0.15, 0.2) is 11.6 Å². The summed E-state index contributed by atoms with van der Waals surface area (Å²) in [6.07, 6.45) is 0.981. The molecule has 1 aromatic heterocycles. The van der Waals surface area contributed by atoms with Crippen LogP contribution >= 0.6 is 11.3 Å². The minimum Gasteiger partial charge on any atom is -0.394 e. The highest BCUT2D eigenvalue weighted by atomic mass is 32.1. The first-order valence-corrected chi connectivity index (χ1v) is 6.08. The van der Waals surface area contributed by atoms with Crippen LogP contribution in [0.2, 0.25) is 0 Å². The number of hydrogen-bond acceptors (Lipinski definition) is 6. The number of hydrogen-bond donors (Lipinski definition) is 2. The van der Waals surface area contributed by atoms with Crippen LogP contribution in [0.5, 0.6) is 0 Å². The molecule has 1 aromatic rings. The largest absolute Gasteiger partial charge is 0.394 e. The molecule has 0 bridgehead atoms. The lowest BCUT2D eigenvalue weighted by Gasteiger charge is -2.32. The van der Waals surface area contributed by atoms with E-state index < -0.39 is 12.2 Å². The molecule has 3 atom stereocenters. The first kappa shape index (κ1) is 11.9. The lowest BCUT2D eigenvalue weighted by molar-refractivity contribution is -0.154. The Balaban J connectivity index is 1.75. The van der Waals surface area contributed by atoms with E-state index in [1.165, 1.54) is 11.3 Å². The van der Waals surface area contributed by atoms with E-state index in [2.05, 4.69) is 4.98 Å².